The molecule has 0 spiro atoms. The largest absolute Gasteiger partial charge is 0.324 e. The number of nitrogens with zero attached hydrogens (tertiary/aromatic N) is 1. The summed E-state index contributed by atoms with van der Waals surface area (Å²) in [7, 11) is 2.18. The minimum absolute atomic E-state index is 0.135. The Labute approximate surface area is 111 Å². The molecule has 0 bridgehead atoms. The molecule has 1 fully saturated rings. The van der Waals surface area contributed by atoms with Crippen LogP contribution >= 0.6 is 0 Å². The SMILES string of the molecule is CC(C)c1ccc(CCN(C)CC2(N)CC2)cc1. The summed E-state index contributed by atoms with van der Waals surface area (Å²) < 4.78 is 0. The third kappa shape index (κ3) is 3.82. The summed E-state index contributed by atoms with van der Waals surface area (Å²) in [4.78, 5) is 2.36. The third-order valence-corrected chi connectivity index (χ3v) is 3.91. The van der Waals surface area contributed by atoms with Crippen LogP contribution in [0, 0.1) is 0 Å². The van der Waals surface area contributed by atoms with Gasteiger partial charge in [0.15, 0.2) is 0 Å². The molecule has 0 atom stereocenters. The predicted octanol–water partition coefficient (Wildman–Crippen LogP) is 2.78. The molecule has 1 saturated carbocycles. The maximum absolute atomic E-state index is 6.13. The number of benzene rings is 1. The average molecular weight is 246 g/mol. The Morgan fingerprint density at radius 2 is 1.83 bits per heavy atom. The lowest BCUT2D eigenvalue weighted by Crippen LogP contribution is -2.38. The van der Waals surface area contributed by atoms with Crippen molar-refractivity contribution in [3.05, 3.63) is 35.4 Å². The van der Waals surface area contributed by atoms with Gasteiger partial charge < -0.3 is 10.6 Å². The zero-order valence-electron chi connectivity index (χ0n) is 11.9. The molecule has 0 aliphatic heterocycles. The summed E-state index contributed by atoms with van der Waals surface area (Å²) in [6.45, 7) is 6.61. The Morgan fingerprint density at radius 1 is 1.22 bits per heavy atom. The van der Waals surface area contributed by atoms with Gasteiger partial charge in [-0.1, -0.05) is 38.1 Å². The van der Waals surface area contributed by atoms with Crippen molar-refractivity contribution in [1.82, 2.24) is 4.90 Å². The van der Waals surface area contributed by atoms with E-state index < -0.39 is 0 Å². The van der Waals surface area contributed by atoms with Gasteiger partial charge in [-0.15, -0.1) is 0 Å². The number of nitrogens with two attached hydrogens (primary N) is 1. The molecule has 2 heteroatoms. The van der Waals surface area contributed by atoms with Gasteiger partial charge in [-0.05, 0) is 43.4 Å². The van der Waals surface area contributed by atoms with E-state index in [0.29, 0.717) is 5.92 Å². The summed E-state index contributed by atoms with van der Waals surface area (Å²) in [5, 5.41) is 0. The fourth-order valence-corrected chi connectivity index (χ4v) is 2.32. The second kappa shape index (κ2) is 5.41. The van der Waals surface area contributed by atoms with Crippen molar-refractivity contribution in [2.45, 2.75) is 44.6 Å². The first-order valence-electron chi connectivity index (χ1n) is 7.05. The Balaban J connectivity index is 1.78. The van der Waals surface area contributed by atoms with E-state index in [4.69, 9.17) is 5.73 Å². The molecule has 0 heterocycles. The molecule has 2 N–H and O–H groups in total. The minimum atomic E-state index is 0.135. The summed E-state index contributed by atoms with van der Waals surface area (Å²) in [6, 6.07) is 9.04. The molecule has 18 heavy (non-hydrogen) atoms. The first-order valence-corrected chi connectivity index (χ1v) is 7.05. The Bertz CT molecular complexity index is 377. The fraction of sp³-hybridized carbons (Fsp3) is 0.625. The fourth-order valence-electron chi connectivity index (χ4n) is 2.32. The van der Waals surface area contributed by atoms with Crippen molar-refractivity contribution < 1.29 is 0 Å². The lowest BCUT2D eigenvalue weighted by Gasteiger charge is -2.20. The van der Waals surface area contributed by atoms with Crippen LogP contribution in [0.5, 0.6) is 0 Å². The van der Waals surface area contributed by atoms with Gasteiger partial charge in [-0.2, -0.15) is 0 Å². The number of likely N-dealkylation sites (N-methyl/N-ethyl adjacent to an activating group) is 1. The zero-order chi connectivity index (χ0) is 13.2. The van der Waals surface area contributed by atoms with Crippen LogP contribution in [0.1, 0.15) is 43.7 Å². The van der Waals surface area contributed by atoms with Gasteiger partial charge in [-0.25, -0.2) is 0 Å². The molecule has 100 valence electrons. The van der Waals surface area contributed by atoms with E-state index in [9.17, 15) is 0 Å². The molecule has 0 radical (unpaired) electrons. The highest BCUT2D eigenvalue weighted by Crippen LogP contribution is 2.32. The van der Waals surface area contributed by atoms with Gasteiger partial charge in [-0.3, -0.25) is 0 Å². The van der Waals surface area contributed by atoms with Crippen molar-refractivity contribution in [1.29, 1.82) is 0 Å². The van der Waals surface area contributed by atoms with Crippen LogP contribution in [0.15, 0.2) is 24.3 Å². The zero-order valence-corrected chi connectivity index (χ0v) is 11.9. The van der Waals surface area contributed by atoms with E-state index in [1.165, 1.54) is 24.0 Å². The van der Waals surface area contributed by atoms with Gasteiger partial charge in [0.05, 0.1) is 0 Å². The first-order chi connectivity index (χ1) is 8.48. The van der Waals surface area contributed by atoms with Gasteiger partial charge in [0.25, 0.3) is 0 Å². The van der Waals surface area contributed by atoms with Crippen molar-refractivity contribution in [3.8, 4) is 0 Å². The number of hydrogen-bond donors (Lipinski definition) is 1. The molecule has 1 aromatic carbocycles. The van der Waals surface area contributed by atoms with Crippen molar-refractivity contribution >= 4 is 0 Å². The van der Waals surface area contributed by atoms with Crippen LogP contribution < -0.4 is 5.73 Å². The van der Waals surface area contributed by atoms with Crippen molar-refractivity contribution in [3.63, 3.8) is 0 Å². The van der Waals surface area contributed by atoms with E-state index in [1.54, 1.807) is 0 Å². The summed E-state index contributed by atoms with van der Waals surface area (Å²) >= 11 is 0. The molecule has 1 aliphatic carbocycles. The quantitative estimate of drug-likeness (QED) is 0.836. The molecule has 0 amide bonds. The van der Waals surface area contributed by atoms with Gasteiger partial charge in [0.1, 0.15) is 0 Å². The summed E-state index contributed by atoms with van der Waals surface area (Å²) in [5.74, 6) is 0.619. The van der Waals surface area contributed by atoms with Crippen LogP contribution in [-0.4, -0.2) is 30.6 Å². The predicted molar refractivity (Wildman–Crippen MR) is 77.9 cm³/mol. The highest BCUT2D eigenvalue weighted by molar-refractivity contribution is 5.24. The van der Waals surface area contributed by atoms with Crippen molar-refractivity contribution in [2.75, 3.05) is 20.1 Å². The van der Waals surface area contributed by atoms with E-state index >= 15 is 0 Å². The Morgan fingerprint density at radius 3 is 2.33 bits per heavy atom. The third-order valence-electron chi connectivity index (χ3n) is 3.91. The van der Waals surface area contributed by atoms with E-state index in [0.717, 1.165) is 19.5 Å². The average Bonchev–Trinajstić information content (AvgIpc) is 3.04. The second-order valence-electron chi connectivity index (χ2n) is 6.25. The normalized spacial score (nSPS) is 17.4. The van der Waals surface area contributed by atoms with E-state index in [1.807, 2.05) is 0 Å². The van der Waals surface area contributed by atoms with Crippen LogP contribution in [0.2, 0.25) is 0 Å². The molecule has 1 aliphatic rings. The van der Waals surface area contributed by atoms with Crippen LogP contribution in [-0.2, 0) is 6.42 Å². The number of hydrogen-bond acceptors (Lipinski definition) is 2. The van der Waals surface area contributed by atoms with E-state index in [-0.39, 0.29) is 5.54 Å². The van der Waals surface area contributed by atoms with Gasteiger partial charge in [0, 0.05) is 18.6 Å². The van der Waals surface area contributed by atoms with Gasteiger partial charge in [0.2, 0.25) is 0 Å². The summed E-state index contributed by atoms with van der Waals surface area (Å²) in [5.41, 5.74) is 9.11. The highest BCUT2D eigenvalue weighted by atomic mass is 15.1. The lowest BCUT2D eigenvalue weighted by molar-refractivity contribution is 0.306. The Hall–Kier alpha value is -0.860. The van der Waals surface area contributed by atoms with Crippen LogP contribution in [0.4, 0.5) is 0 Å². The highest BCUT2D eigenvalue weighted by Gasteiger charge is 2.38. The summed E-state index contributed by atoms with van der Waals surface area (Å²) in [6.07, 6.45) is 3.51. The minimum Gasteiger partial charge on any atom is -0.324 e. The van der Waals surface area contributed by atoms with E-state index in [2.05, 4.69) is 50.1 Å². The molecule has 1 aromatic rings. The second-order valence-corrected chi connectivity index (χ2v) is 6.25. The molecule has 0 saturated heterocycles. The van der Waals surface area contributed by atoms with Crippen molar-refractivity contribution in [2.24, 2.45) is 5.73 Å². The lowest BCUT2D eigenvalue weighted by atomic mass is 10.0. The first kappa shape index (κ1) is 13.6. The number of rotatable bonds is 6. The maximum Gasteiger partial charge on any atom is 0.0284 e. The standard InChI is InChI=1S/C16H26N2/c1-13(2)15-6-4-14(5-7-15)8-11-18(3)12-16(17)9-10-16/h4-7,13H,8-12,17H2,1-3H3. The molecule has 0 aromatic heterocycles. The molecule has 2 nitrogen and oxygen atoms in total. The van der Waals surface area contributed by atoms with Crippen LogP contribution in [0.25, 0.3) is 0 Å². The smallest absolute Gasteiger partial charge is 0.0284 e. The monoisotopic (exact) mass is 246 g/mol. The molecule has 0 unspecified atom stereocenters. The Kier molecular flexibility index (Phi) is 4.08. The topological polar surface area (TPSA) is 29.3 Å². The molecule has 2 rings (SSSR count). The molecular weight excluding hydrogens is 220 g/mol. The maximum atomic E-state index is 6.13. The van der Waals surface area contributed by atoms with Gasteiger partial charge >= 0.3 is 0 Å². The van der Waals surface area contributed by atoms with Crippen LogP contribution in [0.3, 0.4) is 0 Å². The molecular formula is C16H26N2.